The molecule has 4 nitrogen and oxygen atoms in total. The van der Waals surface area contributed by atoms with Crippen LogP contribution in [0.25, 0.3) is 0 Å². The summed E-state index contributed by atoms with van der Waals surface area (Å²) in [6.07, 6.45) is 1.81. The van der Waals surface area contributed by atoms with Crippen molar-refractivity contribution in [3.63, 3.8) is 0 Å². The first-order chi connectivity index (χ1) is 9.22. The van der Waals surface area contributed by atoms with E-state index in [4.69, 9.17) is 0 Å². The number of aromatic nitrogens is 1. The minimum absolute atomic E-state index is 0.00181. The lowest BCUT2D eigenvalue weighted by Crippen LogP contribution is -2.21. The maximum absolute atomic E-state index is 11.8. The number of carbonyl (C=O) groups excluding carboxylic acids is 1. The molecule has 0 bridgehead atoms. The SMILES string of the molecule is Cc1ccc(Nc2nc3c(s2)C(=O)NCCC3)cc1. The van der Waals surface area contributed by atoms with Crippen molar-refractivity contribution in [3.05, 3.63) is 40.4 Å². The summed E-state index contributed by atoms with van der Waals surface area (Å²) in [5.41, 5.74) is 3.13. The lowest BCUT2D eigenvalue weighted by Gasteiger charge is -2.02. The molecule has 98 valence electrons. The average molecular weight is 273 g/mol. The van der Waals surface area contributed by atoms with Gasteiger partial charge in [-0.1, -0.05) is 29.0 Å². The third kappa shape index (κ3) is 2.61. The van der Waals surface area contributed by atoms with Crippen LogP contribution in [0.1, 0.15) is 27.3 Å². The molecule has 0 fully saturated rings. The van der Waals surface area contributed by atoms with Gasteiger partial charge in [0.15, 0.2) is 5.13 Å². The molecule has 2 aromatic rings. The van der Waals surface area contributed by atoms with Crippen molar-refractivity contribution in [1.82, 2.24) is 10.3 Å². The second-order valence-electron chi connectivity index (χ2n) is 4.65. The van der Waals surface area contributed by atoms with E-state index in [-0.39, 0.29) is 5.91 Å². The third-order valence-electron chi connectivity index (χ3n) is 3.08. The molecule has 0 radical (unpaired) electrons. The van der Waals surface area contributed by atoms with Crippen LogP contribution in [-0.2, 0) is 6.42 Å². The number of benzene rings is 1. The van der Waals surface area contributed by atoms with E-state index in [0.29, 0.717) is 0 Å². The van der Waals surface area contributed by atoms with Crippen molar-refractivity contribution in [1.29, 1.82) is 0 Å². The summed E-state index contributed by atoms with van der Waals surface area (Å²) < 4.78 is 0. The molecule has 0 spiro atoms. The second-order valence-corrected chi connectivity index (χ2v) is 5.64. The monoisotopic (exact) mass is 273 g/mol. The van der Waals surface area contributed by atoms with Gasteiger partial charge in [0.2, 0.25) is 0 Å². The Morgan fingerprint density at radius 2 is 2.11 bits per heavy atom. The van der Waals surface area contributed by atoms with Crippen molar-refractivity contribution in [2.45, 2.75) is 19.8 Å². The molecule has 0 saturated heterocycles. The minimum atomic E-state index is 0.00181. The van der Waals surface area contributed by atoms with Gasteiger partial charge in [0, 0.05) is 12.2 Å². The Hall–Kier alpha value is -1.88. The quantitative estimate of drug-likeness (QED) is 0.884. The lowest BCUT2D eigenvalue weighted by molar-refractivity contribution is 0.0960. The van der Waals surface area contributed by atoms with Gasteiger partial charge >= 0.3 is 0 Å². The number of aryl methyl sites for hydroxylation is 2. The van der Waals surface area contributed by atoms with Crippen LogP contribution in [0, 0.1) is 6.92 Å². The number of fused-ring (bicyclic) bond motifs is 1. The van der Waals surface area contributed by atoms with Gasteiger partial charge in [0.25, 0.3) is 5.91 Å². The average Bonchev–Trinajstić information content (AvgIpc) is 2.72. The molecule has 1 aliphatic heterocycles. The van der Waals surface area contributed by atoms with Gasteiger partial charge in [-0.3, -0.25) is 4.79 Å². The van der Waals surface area contributed by atoms with Crippen LogP contribution in [0.4, 0.5) is 10.8 Å². The Kier molecular flexibility index (Phi) is 3.21. The second kappa shape index (κ2) is 5.01. The van der Waals surface area contributed by atoms with Gasteiger partial charge in [-0.05, 0) is 31.9 Å². The zero-order valence-corrected chi connectivity index (χ0v) is 11.5. The van der Waals surface area contributed by atoms with Gasteiger partial charge < -0.3 is 10.6 Å². The molecular weight excluding hydrogens is 258 g/mol. The molecule has 0 atom stereocenters. The van der Waals surface area contributed by atoms with E-state index >= 15 is 0 Å². The smallest absolute Gasteiger partial charge is 0.263 e. The predicted octanol–water partition coefficient (Wildman–Crippen LogP) is 2.87. The highest BCUT2D eigenvalue weighted by atomic mass is 32.1. The van der Waals surface area contributed by atoms with Crippen LogP contribution >= 0.6 is 11.3 Å². The summed E-state index contributed by atoms with van der Waals surface area (Å²) in [5, 5.41) is 6.93. The number of thiazole rings is 1. The molecule has 19 heavy (non-hydrogen) atoms. The van der Waals surface area contributed by atoms with E-state index in [1.165, 1.54) is 16.9 Å². The minimum Gasteiger partial charge on any atom is -0.351 e. The number of rotatable bonds is 2. The first kappa shape index (κ1) is 12.2. The molecule has 2 heterocycles. The largest absolute Gasteiger partial charge is 0.351 e. The number of amides is 1. The van der Waals surface area contributed by atoms with Crippen molar-refractivity contribution in [2.75, 3.05) is 11.9 Å². The van der Waals surface area contributed by atoms with Crippen LogP contribution in [0.15, 0.2) is 24.3 Å². The maximum Gasteiger partial charge on any atom is 0.263 e. The molecule has 1 aliphatic rings. The molecule has 0 unspecified atom stereocenters. The fourth-order valence-corrected chi connectivity index (χ4v) is 3.00. The van der Waals surface area contributed by atoms with Gasteiger partial charge in [-0.15, -0.1) is 0 Å². The predicted molar refractivity (Wildman–Crippen MR) is 77.2 cm³/mol. The molecule has 0 saturated carbocycles. The molecule has 2 N–H and O–H groups in total. The van der Waals surface area contributed by atoms with Crippen molar-refractivity contribution in [3.8, 4) is 0 Å². The highest BCUT2D eigenvalue weighted by Gasteiger charge is 2.20. The Morgan fingerprint density at radius 1 is 1.32 bits per heavy atom. The number of nitrogens with zero attached hydrogens (tertiary/aromatic N) is 1. The Labute approximate surface area is 115 Å². The third-order valence-corrected chi connectivity index (χ3v) is 4.09. The van der Waals surface area contributed by atoms with Crippen LogP contribution in [0.5, 0.6) is 0 Å². The number of carbonyl (C=O) groups is 1. The Bertz CT molecular complexity index is 604. The maximum atomic E-state index is 11.8. The molecule has 5 heteroatoms. The highest BCUT2D eigenvalue weighted by Crippen LogP contribution is 2.28. The molecule has 0 aliphatic carbocycles. The molecule has 1 amide bonds. The van der Waals surface area contributed by atoms with Gasteiger partial charge in [-0.25, -0.2) is 4.98 Å². The normalized spacial score (nSPS) is 14.5. The zero-order valence-electron chi connectivity index (χ0n) is 10.7. The van der Waals surface area contributed by atoms with Crippen LogP contribution in [-0.4, -0.2) is 17.4 Å². The summed E-state index contributed by atoms with van der Waals surface area (Å²) in [4.78, 5) is 17.1. The summed E-state index contributed by atoms with van der Waals surface area (Å²) in [7, 11) is 0. The molecule has 3 rings (SSSR count). The zero-order chi connectivity index (χ0) is 13.2. The number of anilines is 2. The lowest BCUT2D eigenvalue weighted by atomic mass is 10.2. The standard InChI is InChI=1S/C14H15N3OS/c1-9-4-6-10(7-5-9)16-14-17-11-3-2-8-15-13(18)12(11)19-14/h4-7H,2-3,8H2,1H3,(H,15,18)(H,16,17). The van der Waals surface area contributed by atoms with Crippen LogP contribution in [0.2, 0.25) is 0 Å². The van der Waals surface area contributed by atoms with Crippen molar-refractivity contribution < 1.29 is 4.79 Å². The summed E-state index contributed by atoms with van der Waals surface area (Å²) in [6, 6.07) is 8.13. The van der Waals surface area contributed by atoms with Crippen LogP contribution < -0.4 is 10.6 Å². The van der Waals surface area contributed by atoms with E-state index in [9.17, 15) is 4.79 Å². The van der Waals surface area contributed by atoms with Crippen LogP contribution in [0.3, 0.4) is 0 Å². The Morgan fingerprint density at radius 3 is 2.89 bits per heavy atom. The first-order valence-electron chi connectivity index (χ1n) is 6.34. The van der Waals surface area contributed by atoms with E-state index in [0.717, 1.165) is 40.8 Å². The Balaban J connectivity index is 1.84. The van der Waals surface area contributed by atoms with Gasteiger partial charge in [0.05, 0.1) is 5.69 Å². The van der Waals surface area contributed by atoms with Gasteiger partial charge in [0.1, 0.15) is 4.88 Å². The van der Waals surface area contributed by atoms with Crippen molar-refractivity contribution >= 4 is 28.1 Å². The fourth-order valence-electron chi connectivity index (χ4n) is 2.05. The molecular formula is C14H15N3OS. The molecule has 1 aromatic heterocycles. The number of hydrogen-bond donors (Lipinski definition) is 2. The fraction of sp³-hybridized carbons (Fsp3) is 0.286. The first-order valence-corrected chi connectivity index (χ1v) is 7.15. The van der Waals surface area contributed by atoms with E-state index < -0.39 is 0 Å². The number of hydrogen-bond acceptors (Lipinski definition) is 4. The number of nitrogens with one attached hydrogen (secondary N) is 2. The van der Waals surface area contributed by atoms with E-state index in [2.05, 4.69) is 22.5 Å². The van der Waals surface area contributed by atoms with Crippen molar-refractivity contribution in [2.24, 2.45) is 0 Å². The summed E-state index contributed by atoms with van der Waals surface area (Å²) in [5.74, 6) is 0.00181. The van der Waals surface area contributed by atoms with Gasteiger partial charge in [-0.2, -0.15) is 0 Å². The topological polar surface area (TPSA) is 54.0 Å². The molecule has 1 aromatic carbocycles. The van der Waals surface area contributed by atoms with E-state index in [1.807, 2.05) is 24.3 Å². The summed E-state index contributed by atoms with van der Waals surface area (Å²) >= 11 is 1.42. The van der Waals surface area contributed by atoms with E-state index in [1.54, 1.807) is 0 Å². The summed E-state index contributed by atoms with van der Waals surface area (Å²) in [6.45, 7) is 2.79. The highest BCUT2D eigenvalue weighted by molar-refractivity contribution is 7.17.